The van der Waals surface area contributed by atoms with Crippen LogP contribution in [-0.4, -0.2) is 27.9 Å². The highest BCUT2D eigenvalue weighted by Gasteiger charge is 2.05. The van der Waals surface area contributed by atoms with Gasteiger partial charge in [0, 0.05) is 25.6 Å². The van der Waals surface area contributed by atoms with Crippen molar-refractivity contribution in [3.8, 4) is 0 Å². The Kier molecular flexibility index (Phi) is 5.09. The molecule has 5 nitrogen and oxygen atoms in total. The Labute approximate surface area is 106 Å². The quantitative estimate of drug-likeness (QED) is 0.760. The summed E-state index contributed by atoms with van der Waals surface area (Å²) in [6.07, 6.45) is 2.20. The van der Waals surface area contributed by atoms with Gasteiger partial charge in [0.15, 0.2) is 0 Å². The Morgan fingerprint density at radius 1 is 1.53 bits per heavy atom. The molecule has 6 heteroatoms. The van der Waals surface area contributed by atoms with Gasteiger partial charge in [0.05, 0.1) is 23.4 Å². The van der Waals surface area contributed by atoms with E-state index in [1.165, 1.54) is 4.68 Å². The molecule has 0 aliphatic carbocycles. The van der Waals surface area contributed by atoms with Crippen molar-refractivity contribution in [1.29, 1.82) is 0 Å². The van der Waals surface area contributed by atoms with Crippen LogP contribution in [0, 0.1) is 0 Å². The highest BCUT2D eigenvalue weighted by atomic mass is 32.1. The molecular formula is C11H18N4OS. The number of hydrogen-bond donors (Lipinski definition) is 1. The first kappa shape index (κ1) is 13.6. The molecule has 0 radical (unpaired) electrons. The molecule has 0 aliphatic heterocycles. The number of thiocarbonyl (C=S) groups is 1. The zero-order valence-corrected chi connectivity index (χ0v) is 11.0. The molecule has 1 heterocycles. The van der Waals surface area contributed by atoms with E-state index in [4.69, 9.17) is 18.0 Å². The molecule has 0 spiro atoms. The monoisotopic (exact) mass is 254 g/mol. The number of nitrogens with zero attached hydrogens (tertiary/aromatic N) is 3. The van der Waals surface area contributed by atoms with Gasteiger partial charge in [0.2, 0.25) is 0 Å². The minimum atomic E-state index is -0.120. The van der Waals surface area contributed by atoms with Gasteiger partial charge in [-0.05, 0) is 13.8 Å². The number of aryl methyl sites for hydroxylation is 1. The van der Waals surface area contributed by atoms with Crippen molar-refractivity contribution in [2.24, 2.45) is 5.73 Å². The average Bonchev–Trinajstić information content (AvgIpc) is 2.29. The predicted octanol–water partition coefficient (Wildman–Crippen LogP) is 0.766. The van der Waals surface area contributed by atoms with Crippen LogP contribution in [0.25, 0.3) is 0 Å². The SMILES string of the molecule is CCN(CC)c1cnn(CCC(N)=S)c(=O)c1. The molecule has 94 valence electrons. The first-order valence-corrected chi connectivity index (χ1v) is 6.09. The highest BCUT2D eigenvalue weighted by molar-refractivity contribution is 7.80. The van der Waals surface area contributed by atoms with Gasteiger partial charge >= 0.3 is 0 Å². The van der Waals surface area contributed by atoms with Crippen LogP contribution >= 0.6 is 12.2 Å². The van der Waals surface area contributed by atoms with E-state index in [0.29, 0.717) is 18.0 Å². The lowest BCUT2D eigenvalue weighted by Crippen LogP contribution is -2.28. The summed E-state index contributed by atoms with van der Waals surface area (Å²) < 4.78 is 1.38. The minimum Gasteiger partial charge on any atom is -0.393 e. The predicted molar refractivity (Wildman–Crippen MR) is 73.5 cm³/mol. The van der Waals surface area contributed by atoms with Crippen LogP contribution in [0.3, 0.4) is 0 Å². The van der Waals surface area contributed by atoms with E-state index in [2.05, 4.69) is 10.00 Å². The first-order chi connectivity index (χ1) is 8.08. The van der Waals surface area contributed by atoms with E-state index >= 15 is 0 Å². The van der Waals surface area contributed by atoms with E-state index in [9.17, 15) is 4.79 Å². The maximum absolute atomic E-state index is 11.8. The minimum absolute atomic E-state index is 0.120. The number of rotatable bonds is 6. The molecule has 1 rings (SSSR count). The second kappa shape index (κ2) is 6.34. The summed E-state index contributed by atoms with van der Waals surface area (Å²) in [4.78, 5) is 14.2. The fourth-order valence-corrected chi connectivity index (χ4v) is 1.66. The van der Waals surface area contributed by atoms with E-state index < -0.39 is 0 Å². The van der Waals surface area contributed by atoms with E-state index in [-0.39, 0.29) is 5.56 Å². The fraction of sp³-hybridized carbons (Fsp3) is 0.545. The molecule has 0 amide bonds. The third-order valence-corrected chi connectivity index (χ3v) is 2.76. The summed E-state index contributed by atoms with van der Waals surface area (Å²) in [5.74, 6) is 0. The Morgan fingerprint density at radius 2 is 2.18 bits per heavy atom. The van der Waals surface area contributed by atoms with Gasteiger partial charge in [-0.25, -0.2) is 4.68 Å². The molecule has 0 aromatic carbocycles. The van der Waals surface area contributed by atoms with Gasteiger partial charge in [0.1, 0.15) is 0 Å². The summed E-state index contributed by atoms with van der Waals surface area (Å²) in [6.45, 7) is 6.24. The fourth-order valence-electron chi connectivity index (χ4n) is 1.57. The van der Waals surface area contributed by atoms with Crippen molar-refractivity contribution in [1.82, 2.24) is 9.78 Å². The average molecular weight is 254 g/mol. The number of nitrogens with two attached hydrogens (primary N) is 1. The van der Waals surface area contributed by atoms with Crippen LogP contribution in [0.2, 0.25) is 0 Å². The molecule has 17 heavy (non-hydrogen) atoms. The number of aromatic nitrogens is 2. The van der Waals surface area contributed by atoms with E-state index in [0.717, 1.165) is 18.8 Å². The summed E-state index contributed by atoms with van der Waals surface area (Å²) in [7, 11) is 0. The Morgan fingerprint density at radius 3 is 2.65 bits per heavy atom. The zero-order chi connectivity index (χ0) is 12.8. The number of anilines is 1. The Balaban J connectivity index is 2.86. The standard InChI is InChI=1S/C11H18N4OS/c1-3-14(4-2)9-7-11(16)15(13-8-9)6-5-10(12)17/h7-8H,3-6H2,1-2H3,(H2,12,17). The molecule has 0 atom stereocenters. The number of hydrogen-bond acceptors (Lipinski definition) is 4. The topological polar surface area (TPSA) is 64.2 Å². The summed E-state index contributed by atoms with van der Waals surface area (Å²) in [5, 5.41) is 4.11. The van der Waals surface area contributed by atoms with Gasteiger partial charge in [-0.1, -0.05) is 12.2 Å². The van der Waals surface area contributed by atoms with Gasteiger partial charge in [-0.3, -0.25) is 4.79 Å². The summed E-state index contributed by atoms with van der Waals surface area (Å²) in [6, 6.07) is 1.60. The molecule has 0 aliphatic rings. The second-order valence-electron chi connectivity index (χ2n) is 3.66. The summed E-state index contributed by atoms with van der Waals surface area (Å²) >= 11 is 4.77. The molecule has 1 aromatic rings. The van der Waals surface area contributed by atoms with Crippen molar-refractivity contribution < 1.29 is 0 Å². The molecule has 0 fully saturated rings. The Hall–Kier alpha value is -1.43. The maximum Gasteiger partial charge on any atom is 0.268 e. The third kappa shape index (κ3) is 3.81. The van der Waals surface area contributed by atoms with Crippen LogP contribution in [0.1, 0.15) is 20.3 Å². The van der Waals surface area contributed by atoms with Gasteiger partial charge in [-0.2, -0.15) is 5.10 Å². The van der Waals surface area contributed by atoms with Crippen LogP contribution in [0.5, 0.6) is 0 Å². The smallest absolute Gasteiger partial charge is 0.268 e. The largest absolute Gasteiger partial charge is 0.393 e. The van der Waals surface area contributed by atoms with Crippen LogP contribution in [0.15, 0.2) is 17.1 Å². The third-order valence-electron chi connectivity index (χ3n) is 2.55. The summed E-state index contributed by atoms with van der Waals surface area (Å²) in [5.41, 5.74) is 6.13. The van der Waals surface area contributed by atoms with Crippen molar-refractivity contribution in [2.75, 3.05) is 18.0 Å². The highest BCUT2D eigenvalue weighted by Crippen LogP contribution is 2.08. The van der Waals surface area contributed by atoms with E-state index in [1.807, 2.05) is 13.8 Å². The van der Waals surface area contributed by atoms with Crippen molar-refractivity contribution in [3.05, 3.63) is 22.6 Å². The second-order valence-corrected chi connectivity index (χ2v) is 4.19. The molecule has 0 bridgehead atoms. The maximum atomic E-state index is 11.8. The van der Waals surface area contributed by atoms with Crippen molar-refractivity contribution in [3.63, 3.8) is 0 Å². The van der Waals surface area contributed by atoms with Crippen molar-refractivity contribution >= 4 is 22.9 Å². The molecule has 0 saturated carbocycles. The molecule has 0 unspecified atom stereocenters. The molecular weight excluding hydrogens is 236 g/mol. The zero-order valence-electron chi connectivity index (χ0n) is 10.2. The lowest BCUT2D eigenvalue weighted by Gasteiger charge is -2.20. The van der Waals surface area contributed by atoms with Gasteiger partial charge < -0.3 is 10.6 Å². The van der Waals surface area contributed by atoms with Crippen LogP contribution in [0.4, 0.5) is 5.69 Å². The van der Waals surface area contributed by atoms with Gasteiger partial charge in [-0.15, -0.1) is 0 Å². The molecule has 1 aromatic heterocycles. The molecule has 0 saturated heterocycles. The van der Waals surface area contributed by atoms with E-state index in [1.54, 1.807) is 12.3 Å². The normalized spacial score (nSPS) is 10.2. The van der Waals surface area contributed by atoms with Crippen LogP contribution in [-0.2, 0) is 6.54 Å². The lowest BCUT2D eigenvalue weighted by molar-refractivity contribution is 0.593. The Bertz CT molecular complexity index is 439. The molecule has 2 N–H and O–H groups in total. The first-order valence-electron chi connectivity index (χ1n) is 5.68. The van der Waals surface area contributed by atoms with Crippen molar-refractivity contribution in [2.45, 2.75) is 26.8 Å². The van der Waals surface area contributed by atoms with Gasteiger partial charge in [0.25, 0.3) is 5.56 Å². The van der Waals surface area contributed by atoms with Crippen LogP contribution < -0.4 is 16.2 Å². The lowest BCUT2D eigenvalue weighted by atomic mass is 10.3.